The van der Waals surface area contributed by atoms with Crippen molar-refractivity contribution in [2.45, 2.75) is 83.1 Å². The zero-order valence-corrected chi connectivity index (χ0v) is 65.1. The summed E-state index contributed by atoms with van der Waals surface area (Å²) in [4.78, 5) is 0. The van der Waals surface area contributed by atoms with Crippen LogP contribution in [-0.2, 0) is 16.8 Å². The second-order valence-corrected chi connectivity index (χ2v) is 30.7. The van der Waals surface area contributed by atoms with E-state index < -0.39 is 31.3 Å². The molecule has 12 aromatic carbocycles. The molecule has 1 radical (unpaired) electrons. The van der Waals surface area contributed by atoms with Crippen LogP contribution < -0.4 is 54.3 Å². The van der Waals surface area contributed by atoms with E-state index in [0.29, 0.717) is 69.0 Å². The van der Waals surface area contributed by atoms with Crippen LogP contribution in [0.1, 0.15) is 66.8 Å². The number of hydrogen-bond acceptors (Lipinski definition) is 12. The van der Waals surface area contributed by atoms with Crippen molar-refractivity contribution in [3.8, 4) is 69.0 Å². The van der Waals surface area contributed by atoms with E-state index in [9.17, 15) is 18.3 Å². The number of rotatable bonds is 24. The van der Waals surface area contributed by atoms with Crippen molar-refractivity contribution in [2.75, 3.05) is 0 Å². The molecule has 0 aliphatic carbocycles. The molecule has 0 unspecified atom stereocenters. The van der Waals surface area contributed by atoms with Gasteiger partial charge in [-0.3, -0.25) is 0 Å². The third kappa shape index (κ3) is 27.3. The Morgan fingerprint density at radius 3 is 0.248 bits per heavy atom. The minimum atomic E-state index is -3.68. The fraction of sp³-hybridized carbons (Fsp3) is 0.143. The number of hydrogen-bond donors (Lipinski definition) is 0. The van der Waals surface area contributed by atoms with Gasteiger partial charge in [-0.2, -0.15) is 0 Å². The molecular formula is C84H88CoO16P4+6. The number of benzene rings is 12. The van der Waals surface area contributed by atoms with Crippen LogP contribution in [0.3, 0.4) is 0 Å². The van der Waals surface area contributed by atoms with E-state index >= 15 is 0 Å². The first-order chi connectivity index (χ1) is 49.7. The van der Waals surface area contributed by atoms with Gasteiger partial charge in [-0.15, -0.1) is 0 Å². The monoisotopic (exact) mass is 1540 g/mol. The molecule has 12 aromatic rings. The van der Waals surface area contributed by atoms with Crippen molar-refractivity contribution in [1.82, 2.24) is 0 Å². The molecule has 0 aliphatic rings. The smallest absolute Gasteiger partial charge is 0.344 e. The maximum Gasteiger partial charge on any atom is 2.00 e. The topological polar surface area (TPSA) is 196 Å². The Labute approximate surface area is 626 Å². The predicted molar refractivity (Wildman–Crippen MR) is 417 cm³/mol. The molecule has 0 fully saturated rings. The maximum absolute atomic E-state index is 11.0. The zero-order valence-electron chi connectivity index (χ0n) is 60.5. The Balaban J connectivity index is 0.000000176. The summed E-state index contributed by atoms with van der Waals surface area (Å²) in [6.07, 6.45) is 0. The molecule has 21 heteroatoms. The Kier molecular flexibility index (Phi) is 29.0. The molecule has 16 nitrogen and oxygen atoms in total. The van der Waals surface area contributed by atoms with Gasteiger partial charge in [0, 0.05) is 0 Å². The summed E-state index contributed by atoms with van der Waals surface area (Å²) in [5.74, 6) is 5.73. The molecule has 4 N–H and O–H groups in total. The van der Waals surface area contributed by atoms with Gasteiger partial charge < -0.3 is 54.3 Å². The molecule has 0 bridgehead atoms. The summed E-state index contributed by atoms with van der Waals surface area (Å²) in [6.45, 7) is 23.8. The summed E-state index contributed by atoms with van der Waals surface area (Å²) in [5.41, 5.74) is 13.1. The Bertz CT molecular complexity index is 3750. The quantitative estimate of drug-likeness (QED) is 0.0411. The van der Waals surface area contributed by atoms with Crippen LogP contribution >= 0.6 is 31.3 Å². The molecule has 0 saturated carbocycles. The van der Waals surface area contributed by atoms with Crippen LogP contribution in [0, 0.1) is 83.1 Å². The van der Waals surface area contributed by atoms with Crippen molar-refractivity contribution in [1.29, 1.82) is 0 Å². The first-order valence-electron chi connectivity index (χ1n) is 33.3. The Hall–Kier alpha value is -10.3. The third-order valence-electron chi connectivity index (χ3n) is 14.9. The van der Waals surface area contributed by atoms with Crippen LogP contribution in [-0.4, -0.2) is 18.3 Å². The van der Waals surface area contributed by atoms with Crippen molar-refractivity contribution in [2.24, 2.45) is 0 Å². The zero-order chi connectivity index (χ0) is 74.3. The molecule has 0 aromatic heterocycles. The van der Waals surface area contributed by atoms with Gasteiger partial charge in [-0.05, 0) is 229 Å². The normalized spacial score (nSPS) is 10.9. The summed E-state index contributed by atoms with van der Waals surface area (Å²) in [6, 6.07) is 88.2. The number of aryl methyl sites for hydroxylation is 12. The van der Waals surface area contributed by atoms with Gasteiger partial charge in [0.1, 0.15) is 69.0 Å². The minimum absolute atomic E-state index is 0. The maximum atomic E-state index is 11.0. The van der Waals surface area contributed by atoms with Crippen molar-refractivity contribution < 1.29 is 89.3 Å². The fourth-order valence-corrected chi connectivity index (χ4v) is 14.1. The van der Waals surface area contributed by atoms with E-state index in [1.807, 2.05) is 229 Å². The molecule has 0 atom stereocenters. The van der Waals surface area contributed by atoms with Crippen LogP contribution in [0.25, 0.3) is 0 Å². The Morgan fingerprint density at radius 1 is 0.133 bits per heavy atom. The van der Waals surface area contributed by atoms with E-state index in [1.54, 1.807) is 146 Å². The van der Waals surface area contributed by atoms with E-state index in [1.165, 1.54) is 0 Å². The second-order valence-electron chi connectivity index (χ2n) is 24.7. The third-order valence-corrected chi connectivity index (χ3v) is 20.2. The summed E-state index contributed by atoms with van der Waals surface area (Å²) < 4.78 is 113. The van der Waals surface area contributed by atoms with Gasteiger partial charge in [-0.1, -0.05) is 212 Å². The summed E-state index contributed by atoms with van der Waals surface area (Å²) in [7, 11) is -14.7. The van der Waals surface area contributed by atoms with Crippen LogP contribution in [0.2, 0.25) is 0 Å². The van der Waals surface area contributed by atoms with Crippen molar-refractivity contribution >= 4 is 31.3 Å². The molecular weight excluding hydrogens is 1450 g/mol. The van der Waals surface area contributed by atoms with E-state index in [-0.39, 0.29) is 16.8 Å². The van der Waals surface area contributed by atoms with Gasteiger partial charge in [0.15, 0.2) is 0 Å². The van der Waals surface area contributed by atoms with Crippen molar-refractivity contribution in [3.63, 3.8) is 0 Å². The largest absolute Gasteiger partial charge is 2.00 e. The van der Waals surface area contributed by atoms with Gasteiger partial charge >= 0.3 is 48.1 Å². The standard InChI is InChI=1S/4C21H21O4P.Co/c4*1-16-4-10-19(11-5-16)23-26(22,24-20-12-6-17(2)7-13-20)25-21-14-8-18(3)9-15-21;/h4*4-15H,1-3H3;/q;;;;+2/p+4. The first-order valence-corrected chi connectivity index (χ1v) is 39.3. The molecule has 12 rings (SSSR count). The van der Waals surface area contributed by atoms with Gasteiger partial charge in [0.05, 0.1) is 0 Å². The van der Waals surface area contributed by atoms with E-state index in [0.717, 1.165) is 66.8 Å². The fourth-order valence-electron chi connectivity index (χ4n) is 9.01. The molecule has 0 heterocycles. The molecule has 0 spiro atoms. The van der Waals surface area contributed by atoms with Gasteiger partial charge in [-0.25, -0.2) is 18.3 Å². The molecule has 0 saturated heterocycles. The molecule has 543 valence electrons. The molecule has 0 amide bonds. The van der Waals surface area contributed by atoms with Crippen molar-refractivity contribution in [3.05, 3.63) is 358 Å². The average molecular weight is 1540 g/mol. The molecule has 105 heavy (non-hydrogen) atoms. The second kappa shape index (κ2) is 37.9. The van der Waals surface area contributed by atoms with Gasteiger partial charge in [0.25, 0.3) is 0 Å². The average Bonchev–Trinajstić information content (AvgIpc) is 0.843. The first kappa shape index (κ1) is 80.4. The SMILES string of the molecule is Cc1ccc(OP(=[OH+])(Oc2ccc(C)cc2)Oc2ccc(C)cc2)cc1.Cc1ccc(OP(=[OH+])(Oc2ccc(C)cc2)Oc2ccc(C)cc2)cc1.Cc1ccc(OP(=[OH+])(Oc2ccc(C)cc2)Oc2ccc(C)cc2)cc1.Cc1ccc(OP(=[OH+])(Oc2ccc(C)cc2)Oc2ccc(C)cc2)cc1.[Co+2]. The van der Waals surface area contributed by atoms with E-state index in [4.69, 9.17) is 54.3 Å². The van der Waals surface area contributed by atoms with Crippen LogP contribution in [0.5, 0.6) is 69.0 Å². The summed E-state index contributed by atoms with van der Waals surface area (Å²) in [5, 5.41) is 0. The Morgan fingerprint density at radius 2 is 0.190 bits per heavy atom. The summed E-state index contributed by atoms with van der Waals surface area (Å²) >= 11 is 0. The predicted octanol–water partition coefficient (Wildman–Crippen LogP) is 24.8. The minimum Gasteiger partial charge on any atom is -0.344 e. The van der Waals surface area contributed by atoms with Gasteiger partial charge in [0.2, 0.25) is 0 Å². The van der Waals surface area contributed by atoms with Crippen LogP contribution in [0.15, 0.2) is 291 Å². The van der Waals surface area contributed by atoms with E-state index in [2.05, 4.69) is 0 Å². The molecule has 0 aliphatic heterocycles. The van der Waals surface area contributed by atoms with Crippen LogP contribution in [0.4, 0.5) is 0 Å².